The first-order valence-electron chi connectivity index (χ1n) is 5.85. The minimum Gasteiger partial charge on any atom is -0.451 e. The van der Waals surface area contributed by atoms with Gasteiger partial charge in [-0.05, 0) is 36.4 Å². The Balaban J connectivity index is 1.88. The van der Waals surface area contributed by atoms with E-state index in [1.165, 1.54) is 0 Å². The van der Waals surface area contributed by atoms with Crippen molar-refractivity contribution in [1.82, 2.24) is 4.98 Å². The highest BCUT2D eigenvalue weighted by Crippen LogP contribution is 2.22. The van der Waals surface area contributed by atoms with Crippen LogP contribution < -0.4 is 11.1 Å². The van der Waals surface area contributed by atoms with Gasteiger partial charge in [0.15, 0.2) is 5.76 Å². The van der Waals surface area contributed by atoms with Gasteiger partial charge in [0.25, 0.3) is 5.91 Å². The molecule has 0 atom stereocenters. The quantitative estimate of drug-likeness (QED) is 0.559. The number of halogens is 1. The number of carbonyl (C=O) groups is 1. The van der Waals surface area contributed by atoms with E-state index in [9.17, 15) is 4.79 Å². The summed E-state index contributed by atoms with van der Waals surface area (Å²) in [5.74, 6) is 0.157. The first kappa shape index (κ1) is 12.5. The fourth-order valence-electron chi connectivity index (χ4n) is 1.83. The minimum absolute atomic E-state index is 0.187. The SMILES string of the molecule is Nc1ccc2oc(C(=O)Nc3cccc(Cl)n3)cc2c1. The van der Waals surface area contributed by atoms with Crippen molar-refractivity contribution in [2.75, 3.05) is 11.1 Å². The first-order chi connectivity index (χ1) is 9.61. The van der Waals surface area contributed by atoms with Gasteiger partial charge in [-0.3, -0.25) is 4.79 Å². The van der Waals surface area contributed by atoms with Crippen LogP contribution in [0.4, 0.5) is 11.5 Å². The zero-order chi connectivity index (χ0) is 14.1. The van der Waals surface area contributed by atoms with Gasteiger partial charge in [0.1, 0.15) is 16.6 Å². The molecule has 5 nitrogen and oxygen atoms in total. The normalized spacial score (nSPS) is 10.7. The second kappa shape index (κ2) is 4.86. The molecule has 0 radical (unpaired) electrons. The van der Waals surface area contributed by atoms with Gasteiger partial charge in [-0.2, -0.15) is 0 Å². The molecule has 2 aromatic heterocycles. The van der Waals surface area contributed by atoms with E-state index < -0.39 is 5.91 Å². The molecule has 0 fully saturated rings. The first-order valence-corrected chi connectivity index (χ1v) is 6.22. The largest absolute Gasteiger partial charge is 0.451 e. The van der Waals surface area contributed by atoms with Crippen LogP contribution in [0.2, 0.25) is 5.15 Å². The molecule has 0 aliphatic rings. The molecule has 0 saturated heterocycles. The average Bonchev–Trinajstić information content (AvgIpc) is 2.81. The van der Waals surface area contributed by atoms with Crippen molar-refractivity contribution in [3.8, 4) is 0 Å². The Kier molecular flexibility index (Phi) is 3.04. The highest BCUT2D eigenvalue weighted by molar-refractivity contribution is 6.29. The van der Waals surface area contributed by atoms with Crippen LogP contribution in [-0.2, 0) is 0 Å². The fourth-order valence-corrected chi connectivity index (χ4v) is 1.99. The molecule has 0 aliphatic heterocycles. The molecule has 0 saturated carbocycles. The number of rotatable bonds is 2. The van der Waals surface area contributed by atoms with Gasteiger partial charge in [0, 0.05) is 11.1 Å². The number of benzene rings is 1. The summed E-state index contributed by atoms with van der Waals surface area (Å²) < 4.78 is 5.46. The lowest BCUT2D eigenvalue weighted by atomic mass is 10.2. The number of nitrogen functional groups attached to an aromatic ring is 1. The molecule has 0 unspecified atom stereocenters. The average molecular weight is 288 g/mol. The maximum atomic E-state index is 12.1. The van der Waals surface area contributed by atoms with E-state index >= 15 is 0 Å². The number of amides is 1. The number of nitrogens with two attached hydrogens (primary N) is 1. The van der Waals surface area contributed by atoms with Crippen molar-refractivity contribution in [3.63, 3.8) is 0 Å². The Morgan fingerprint density at radius 1 is 1.25 bits per heavy atom. The molecule has 3 aromatic rings. The van der Waals surface area contributed by atoms with Gasteiger partial charge < -0.3 is 15.5 Å². The lowest BCUT2D eigenvalue weighted by Crippen LogP contribution is -2.11. The van der Waals surface area contributed by atoms with Crippen molar-refractivity contribution >= 4 is 40.0 Å². The van der Waals surface area contributed by atoms with Crippen molar-refractivity contribution < 1.29 is 9.21 Å². The third-order valence-electron chi connectivity index (χ3n) is 2.72. The van der Waals surface area contributed by atoms with E-state index in [1.54, 1.807) is 42.5 Å². The smallest absolute Gasteiger partial charge is 0.292 e. The van der Waals surface area contributed by atoms with Gasteiger partial charge in [0.2, 0.25) is 0 Å². The van der Waals surface area contributed by atoms with E-state index in [4.69, 9.17) is 21.8 Å². The van der Waals surface area contributed by atoms with Gasteiger partial charge in [0.05, 0.1) is 0 Å². The molecule has 3 N–H and O–H groups in total. The molecule has 1 aromatic carbocycles. The van der Waals surface area contributed by atoms with E-state index in [0.29, 0.717) is 22.2 Å². The highest BCUT2D eigenvalue weighted by atomic mass is 35.5. The summed E-state index contributed by atoms with van der Waals surface area (Å²) in [4.78, 5) is 16.0. The Morgan fingerprint density at radius 2 is 2.10 bits per heavy atom. The highest BCUT2D eigenvalue weighted by Gasteiger charge is 2.13. The number of nitrogens with one attached hydrogen (secondary N) is 1. The molecule has 3 rings (SSSR count). The Labute approximate surface area is 119 Å². The summed E-state index contributed by atoms with van der Waals surface area (Å²) in [6.45, 7) is 0. The summed E-state index contributed by atoms with van der Waals surface area (Å²) in [6.07, 6.45) is 0. The molecule has 6 heteroatoms. The number of fused-ring (bicyclic) bond motifs is 1. The Hall–Kier alpha value is -2.53. The second-order valence-electron chi connectivity index (χ2n) is 4.21. The lowest BCUT2D eigenvalue weighted by molar-refractivity contribution is 0.0998. The van der Waals surface area contributed by atoms with Gasteiger partial charge in [-0.1, -0.05) is 17.7 Å². The van der Waals surface area contributed by atoms with Crippen molar-refractivity contribution in [2.24, 2.45) is 0 Å². The summed E-state index contributed by atoms with van der Waals surface area (Å²) >= 11 is 5.76. The van der Waals surface area contributed by atoms with Crippen LogP contribution >= 0.6 is 11.6 Å². The van der Waals surface area contributed by atoms with Crippen LogP contribution in [0.25, 0.3) is 11.0 Å². The van der Waals surface area contributed by atoms with Crippen LogP contribution in [0.15, 0.2) is 46.9 Å². The van der Waals surface area contributed by atoms with E-state index in [-0.39, 0.29) is 5.76 Å². The molecule has 0 bridgehead atoms. The number of hydrogen-bond acceptors (Lipinski definition) is 4. The topological polar surface area (TPSA) is 81.1 Å². The van der Waals surface area contributed by atoms with Crippen molar-refractivity contribution in [1.29, 1.82) is 0 Å². The van der Waals surface area contributed by atoms with Crippen LogP contribution in [0.3, 0.4) is 0 Å². The van der Waals surface area contributed by atoms with Gasteiger partial charge in [-0.15, -0.1) is 0 Å². The van der Waals surface area contributed by atoms with Gasteiger partial charge in [-0.25, -0.2) is 4.98 Å². The van der Waals surface area contributed by atoms with Crippen molar-refractivity contribution in [3.05, 3.63) is 53.4 Å². The van der Waals surface area contributed by atoms with E-state index in [1.807, 2.05) is 0 Å². The number of pyridine rings is 1. The number of anilines is 2. The Bertz CT molecular complexity index is 798. The third-order valence-corrected chi connectivity index (χ3v) is 2.93. The molecular weight excluding hydrogens is 278 g/mol. The van der Waals surface area contributed by atoms with E-state index in [2.05, 4.69) is 10.3 Å². The monoisotopic (exact) mass is 287 g/mol. The van der Waals surface area contributed by atoms with E-state index in [0.717, 1.165) is 5.39 Å². The zero-order valence-electron chi connectivity index (χ0n) is 10.3. The standard InChI is InChI=1S/C14H10ClN3O2/c15-12-2-1-3-13(17-12)18-14(19)11-7-8-6-9(16)4-5-10(8)20-11/h1-7H,16H2,(H,17,18,19). The van der Waals surface area contributed by atoms with Crippen LogP contribution in [0.1, 0.15) is 10.6 Å². The summed E-state index contributed by atoms with van der Waals surface area (Å²) in [7, 11) is 0. The van der Waals surface area contributed by atoms with Crippen LogP contribution in [-0.4, -0.2) is 10.9 Å². The Morgan fingerprint density at radius 3 is 2.90 bits per heavy atom. The maximum Gasteiger partial charge on any atom is 0.292 e. The molecule has 0 aliphatic carbocycles. The molecule has 100 valence electrons. The molecule has 2 heterocycles. The number of furan rings is 1. The maximum absolute atomic E-state index is 12.1. The summed E-state index contributed by atoms with van der Waals surface area (Å²) in [5, 5.41) is 3.69. The van der Waals surface area contributed by atoms with Crippen molar-refractivity contribution in [2.45, 2.75) is 0 Å². The predicted molar refractivity (Wildman–Crippen MR) is 77.8 cm³/mol. The number of aromatic nitrogens is 1. The number of hydrogen-bond donors (Lipinski definition) is 2. The number of nitrogens with zero attached hydrogens (tertiary/aromatic N) is 1. The van der Waals surface area contributed by atoms with Gasteiger partial charge >= 0.3 is 0 Å². The number of carbonyl (C=O) groups excluding carboxylic acids is 1. The second-order valence-corrected chi connectivity index (χ2v) is 4.59. The molecule has 20 heavy (non-hydrogen) atoms. The summed E-state index contributed by atoms with van der Waals surface area (Å²) in [5.41, 5.74) is 6.90. The molecular formula is C14H10ClN3O2. The zero-order valence-corrected chi connectivity index (χ0v) is 11.0. The third kappa shape index (κ3) is 2.44. The van der Waals surface area contributed by atoms with Crippen LogP contribution in [0.5, 0.6) is 0 Å². The summed E-state index contributed by atoms with van der Waals surface area (Å²) in [6, 6.07) is 11.8. The minimum atomic E-state index is -0.394. The van der Waals surface area contributed by atoms with Crippen LogP contribution in [0, 0.1) is 0 Å². The molecule has 0 spiro atoms. The fraction of sp³-hybridized carbons (Fsp3) is 0. The lowest BCUT2D eigenvalue weighted by Gasteiger charge is -2.01. The molecule has 1 amide bonds. The predicted octanol–water partition coefficient (Wildman–Crippen LogP) is 3.32.